The molecule has 1 unspecified atom stereocenters. The van der Waals surface area contributed by atoms with Crippen molar-refractivity contribution in [3.63, 3.8) is 0 Å². The summed E-state index contributed by atoms with van der Waals surface area (Å²) in [7, 11) is 0. The maximum absolute atomic E-state index is 12.3. The first-order valence-electron chi connectivity index (χ1n) is 9.42. The van der Waals surface area contributed by atoms with Crippen LogP contribution in [-0.2, 0) is 4.79 Å². The van der Waals surface area contributed by atoms with Crippen LogP contribution in [0.5, 0.6) is 0 Å². The summed E-state index contributed by atoms with van der Waals surface area (Å²) in [6.45, 7) is 1.06. The Morgan fingerprint density at radius 2 is 1.59 bits per heavy atom. The molecule has 8 nitrogen and oxygen atoms in total. The lowest BCUT2D eigenvalue weighted by Gasteiger charge is -2.27. The number of para-hydroxylation sites is 1. The SMILES string of the molecule is O=C(NC1CCC(C(=O)O)CC1)NC1CCN(C(=O)Nc2ccccc2)C1. The Morgan fingerprint density at radius 1 is 0.926 bits per heavy atom. The molecule has 0 bridgehead atoms. The maximum Gasteiger partial charge on any atom is 0.321 e. The highest BCUT2D eigenvalue weighted by molar-refractivity contribution is 5.89. The fraction of sp³-hybridized carbons (Fsp3) is 0.526. The van der Waals surface area contributed by atoms with Crippen molar-refractivity contribution in [1.29, 1.82) is 0 Å². The molecular weight excluding hydrogens is 348 g/mol. The number of nitrogens with zero attached hydrogens (tertiary/aromatic N) is 1. The van der Waals surface area contributed by atoms with Gasteiger partial charge in [0, 0.05) is 30.9 Å². The maximum atomic E-state index is 12.3. The molecule has 1 heterocycles. The number of rotatable bonds is 4. The third-order valence-corrected chi connectivity index (χ3v) is 5.25. The van der Waals surface area contributed by atoms with Gasteiger partial charge in [0.25, 0.3) is 0 Å². The molecule has 1 aromatic rings. The topological polar surface area (TPSA) is 111 Å². The number of carboxylic acids is 1. The van der Waals surface area contributed by atoms with E-state index in [0.29, 0.717) is 45.2 Å². The summed E-state index contributed by atoms with van der Waals surface area (Å²) in [4.78, 5) is 37.1. The van der Waals surface area contributed by atoms with E-state index in [1.54, 1.807) is 4.90 Å². The van der Waals surface area contributed by atoms with Crippen LogP contribution >= 0.6 is 0 Å². The summed E-state index contributed by atoms with van der Waals surface area (Å²) < 4.78 is 0. The zero-order valence-corrected chi connectivity index (χ0v) is 15.2. The first kappa shape index (κ1) is 19.0. The molecule has 2 aliphatic rings. The van der Waals surface area contributed by atoms with Crippen molar-refractivity contribution in [2.75, 3.05) is 18.4 Å². The molecule has 1 aromatic carbocycles. The predicted molar refractivity (Wildman–Crippen MR) is 100 cm³/mol. The summed E-state index contributed by atoms with van der Waals surface area (Å²) in [5.74, 6) is -1.05. The summed E-state index contributed by atoms with van der Waals surface area (Å²) >= 11 is 0. The molecule has 0 aromatic heterocycles. The normalized spacial score (nSPS) is 24.9. The molecule has 4 N–H and O–H groups in total. The quantitative estimate of drug-likeness (QED) is 0.648. The largest absolute Gasteiger partial charge is 0.481 e. The Kier molecular flexibility index (Phi) is 6.16. The second-order valence-corrected chi connectivity index (χ2v) is 7.23. The predicted octanol–water partition coefficient (Wildman–Crippen LogP) is 2.24. The number of anilines is 1. The van der Waals surface area contributed by atoms with Crippen LogP contribution in [0.3, 0.4) is 0 Å². The van der Waals surface area contributed by atoms with Crippen molar-refractivity contribution < 1.29 is 19.5 Å². The average molecular weight is 374 g/mol. The third-order valence-electron chi connectivity index (χ3n) is 5.25. The Bertz CT molecular complexity index is 674. The van der Waals surface area contributed by atoms with Gasteiger partial charge in [-0.05, 0) is 44.2 Å². The summed E-state index contributed by atoms with van der Waals surface area (Å²) in [6, 6.07) is 8.78. The van der Waals surface area contributed by atoms with E-state index in [-0.39, 0.29) is 30.1 Å². The number of amides is 4. The van der Waals surface area contributed by atoms with Crippen molar-refractivity contribution in [3.8, 4) is 0 Å². The van der Waals surface area contributed by atoms with Gasteiger partial charge in [-0.25, -0.2) is 9.59 Å². The van der Waals surface area contributed by atoms with Gasteiger partial charge < -0.3 is 26.0 Å². The van der Waals surface area contributed by atoms with E-state index < -0.39 is 5.97 Å². The Labute approximate surface area is 158 Å². The summed E-state index contributed by atoms with van der Waals surface area (Å²) in [6.07, 6.45) is 3.26. The second kappa shape index (κ2) is 8.75. The molecule has 1 aliphatic carbocycles. The Hall–Kier alpha value is -2.77. The van der Waals surface area contributed by atoms with Gasteiger partial charge in [0.15, 0.2) is 0 Å². The van der Waals surface area contributed by atoms with Gasteiger partial charge in [-0.2, -0.15) is 0 Å². The molecule has 27 heavy (non-hydrogen) atoms. The number of nitrogens with one attached hydrogen (secondary N) is 3. The lowest BCUT2D eigenvalue weighted by Crippen LogP contribution is -2.48. The minimum atomic E-state index is -0.752. The molecule has 4 amide bonds. The van der Waals surface area contributed by atoms with Gasteiger partial charge in [0.05, 0.1) is 5.92 Å². The molecule has 1 aliphatic heterocycles. The van der Waals surface area contributed by atoms with Crippen LogP contribution in [0.15, 0.2) is 30.3 Å². The average Bonchev–Trinajstić information content (AvgIpc) is 3.11. The van der Waals surface area contributed by atoms with Crippen LogP contribution in [-0.4, -0.2) is 53.2 Å². The van der Waals surface area contributed by atoms with Crippen molar-refractivity contribution in [1.82, 2.24) is 15.5 Å². The van der Waals surface area contributed by atoms with Crippen LogP contribution < -0.4 is 16.0 Å². The van der Waals surface area contributed by atoms with E-state index in [0.717, 1.165) is 5.69 Å². The van der Waals surface area contributed by atoms with Gasteiger partial charge in [-0.1, -0.05) is 18.2 Å². The standard InChI is InChI=1S/C19H26N4O4/c24-17(25)13-6-8-15(9-7-13)20-18(26)21-16-10-11-23(12-16)19(27)22-14-4-2-1-3-5-14/h1-5,13,15-16H,6-12H2,(H,22,27)(H,24,25)(H2,20,21,26). The molecular formula is C19H26N4O4. The van der Waals surface area contributed by atoms with E-state index in [1.165, 1.54) is 0 Å². The van der Waals surface area contributed by atoms with Crippen LogP contribution in [0.4, 0.5) is 15.3 Å². The molecule has 1 saturated heterocycles. The van der Waals surface area contributed by atoms with Crippen LogP contribution in [0.2, 0.25) is 0 Å². The fourth-order valence-electron chi connectivity index (χ4n) is 3.68. The number of likely N-dealkylation sites (tertiary alicyclic amines) is 1. The monoisotopic (exact) mass is 374 g/mol. The Morgan fingerprint density at radius 3 is 2.26 bits per heavy atom. The number of benzene rings is 1. The van der Waals surface area contributed by atoms with Crippen molar-refractivity contribution in [3.05, 3.63) is 30.3 Å². The fourth-order valence-corrected chi connectivity index (χ4v) is 3.68. The summed E-state index contributed by atoms with van der Waals surface area (Å²) in [5, 5.41) is 17.7. The van der Waals surface area contributed by atoms with Crippen molar-refractivity contribution >= 4 is 23.7 Å². The number of aliphatic carboxylic acids is 1. The highest BCUT2D eigenvalue weighted by Crippen LogP contribution is 2.24. The number of carboxylic acid groups (broad SMARTS) is 1. The molecule has 3 rings (SSSR count). The van der Waals surface area contributed by atoms with Gasteiger partial charge in [-0.15, -0.1) is 0 Å². The minimum absolute atomic E-state index is 0.0134. The lowest BCUT2D eigenvalue weighted by molar-refractivity contribution is -0.142. The number of carbonyl (C=O) groups excluding carboxylic acids is 2. The van der Waals surface area contributed by atoms with E-state index in [1.807, 2.05) is 30.3 Å². The van der Waals surface area contributed by atoms with E-state index in [9.17, 15) is 14.4 Å². The van der Waals surface area contributed by atoms with Crippen molar-refractivity contribution in [2.24, 2.45) is 5.92 Å². The first-order valence-corrected chi connectivity index (χ1v) is 9.42. The molecule has 0 spiro atoms. The Balaban J connectivity index is 1.38. The molecule has 8 heteroatoms. The number of hydrogen-bond donors (Lipinski definition) is 4. The highest BCUT2D eigenvalue weighted by Gasteiger charge is 2.29. The third kappa shape index (κ3) is 5.35. The summed E-state index contributed by atoms with van der Waals surface area (Å²) in [5.41, 5.74) is 0.744. The number of hydrogen-bond acceptors (Lipinski definition) is 3. The number of carbonyl (C=O) groups is 3. The van der Waals surface area contributed by atoms with Crippen LogP contribution in [0.25, 0.3) is 0 Å². The van der Waals surface area contributed by atoms with Gasteiger partial charge in [0.1, 0.15) is 0 Å². The molecule has 146 valence electrons. The van der Waals surface area contributed by atoms with E-state index in [2.05, 4.69) is 16.0 Å². The van der Waals surface area contributed by atoms with Crippen molar-refractivity contribution in [2.45, 2.75) is 44.2 Å². The van der Waals surface area contributed by atoms with Crippen LogP contribution in [0, 0.1) is 5.92 Å². The van der Waals surface area contributed by atoms with Gasteiger partial charge in [0.2, 0.25) is 0 Å². The zero-order valence-electron chi connectivity index (χ0n) is 15.2. The smallest absolute Gasteiger partial charge is 0.321 e. The van der Waals surface area contributed by atoms with Gasteiger partial charge >= 0.3 is 18.0 Å². The van der Waals surface area contributed by atoms with Crippen LogP contribution in [0.1, 0.15) is 32.1 Å². The molecule has 1 atom stereocenters. The first-order chi connectivity index (χ1) is 13.0. The minimum Gasteiger partial charge on any atom is -0.481 e. The zero-order chi connectivity index (χ0) is 19.2. The second-order valence-electron chi connectivity index (χ2n) is 7.23. The lowest BCUT2D eigenvalue weighted by atomic mass is 9.86. The van der Waals surface area contributed by atoms with Gasteiger partial charge in [-0.3, -0.25) is 4.79 Å². The van der Waals surface area contributed by atoms with E-state index >= 15 is 0 Å². The number of urea groups is 2. The molecule has 0 radical (unpaired) electrons. The highest BCUT2D eigenvalue weighted by atomic mass is 16.4. The molecule has 1 saturated carbocycles. The molecule has 2 fully saturated rings. The van der Waals surface area contributed by atoms with E-state index in [4.69, 9.17) is 5.11 Å².